The zero-order valence-electron chi connectivity index (χ0n) is 12.4. The molecule has 1 N–H and O–H groups in total. The van der Waals surface area contributed by atoms with Crippen molar-refractivity contribution in [2.24, 2.45) is 0 Å². The standard InChI is InChI=1S/C17H16N4O/c1-12-5-7-14(8-6-12)21-10-16(19-11-21)17(22)20-15-4-3-9-18-13(15)2/h3-11H,1-2H3,(H,20,22). The Morgan fingerprint density at radius 2 is 1.86 bits per heavy atom. The summed E-state index contributed by atoms with van der Waals surface area (Å²) in [5, 5.41) is 2.82. The van der Waals surface area contributed by atoms with Crippen LogP contribution in [0.1, 0.15) is 21.7 Å². The number of hydrogen-bond acceptors (Lipinski definition) is 3. The van der Waals surface area contributed by atoms with Crippen molar-refractivity contribution in [3.05, 3.63) is 72.1 Å². The number of pyridine rings is 1. The molecule has 0 spiro atoms. The fourth-order valence-corrected chi connectivity index (χ4v) is 2.10. The fraction of sp³-hybridized carbons (Fsp3) is 0.118. The van der Waals surface area contributed by atoms with Crippen LogP contribution in [-0.2, 0) is 0 Å². The smallest absolute Gasteiger partial charge is 0.275 e. The summed E-state index contributed by atoms with van der Waals surface area (Å²) in [5.41, 5.74) is 3.98. The second kappa shape index (κ2) is 5.81. The number of carbonyl (C=O) groups excluding carboxylic acids is 1. The van der Waals surface area contributed by atoms with Gasteiger partial charge < -0.3 is 9.88 Å². The van der Waals surface area contributed by atoms with E-state index >= 15 is 0 Å². The van der Waals surface area contributed by atoms with Crippen LogP contribution in [0.2, 0.25) is 0 Å². The first-order chi connectivity index (χ1) is 10.6. The molecule has 1 aromatic carbocycles. The molecule has 2 aromatic heterocycles. The molecule has 5 heteroatoms. The molecule has 0 atom stereocenters. The molecule has 0 unspecified atom stereocenters. The molecular formula is C17H16N4O. The van der Waals surface area contributed by atoms with E-state index in [2.05, 4.69) is 15.3 Å². The lowest BCUT2D eigenvalue weighted by Gasteiger charge is -2.05. The minimum Gasteiger partial charge on any atom is -0.319 e. The minimum absolute atomic E-state index is 0.248. The number of imidazole rings is 1. The zero-order valence-corrected chi connectivity index (χ0v) is 12.4. The number of nitrogens with zero attached hydrogens (tertiary/aromatic N) is 3. The van der Waals surface area contributed by atoms with Crippen LogP contribution in [0, 0.1) is 13.8 Å². The minimum atomic E-state index is -0.248. The van der Waals surface area contributed by atoms with Crippen LogP contribution < -0.4 is 5.32 Å². The SMILES string of the molecule is Cc1ccc(-n2cnc(C(=O)Nc3cccnc3C)c2)cc1. The number of rotatable bonds is 3. The molecule has 5 nitrogen and oxygen atoms in total. The van der Waals surface area contributed by atoms with Gasteiger partial charge >= 0.3 is 0 Å². The van der Waals surface area contributed by atoms with Crippen LogP contribution in [0.3, 0.4) is 0 Å². The third kappa shape index (κ3) is 2.88. The number of aryl methyl sites for hydroxylation is 2. The summed E-state index contributed by atoms with van der Waals surface area (Å²) in [4.78, 5) is 20.6. The van der Waals surface area contributed by atoms with Gasteiger partial charge in [0.1, 0.15) is 12.0 Å². The molecule has 22 heavy (non-hydrogen) atoms. The summed E-state index contributed by atoms with van der Waals surface area (Å²) in [6.45, 7) is 3.88. The lowest BCUT2D eigenvalue weighted by atomic mass is 10.2. The van der Waals surface area contributed by atoms with Crippen molar-refractivity contribution in [2.45, 2.75) is 13.8 Å². The van der Waals surface area contributed by atoms with Gasteiger partial charge in [0.05, 0.1) is 11.4 Å². The zero-order chi connectivity index (χ0) is 15.5. The topological polar surface area (TPSA) is 59.8 Å². The monoisotopic (exact) mass is 292 g/mol. The first kappa shape index (κ1) is 14.0. The van der Waals surface area contributed by atoms with Crippen LogP contribution >= 0.6 is 0 Å². The van der Waals surface area contributed by atoms with Gasteiger partial charge in [0, 0.05) is 18.1 Å². The molecule has 0 saturated heterocycles. The van der Waals surface area contributed by atoms with E-state index in [1.807, 2.05) is 48.7 Å². The van der Waals surface area contributed by atoms with E-state index in [0.29, 0.717) is 11.4 Å². The maximum Gasteiger partial charge on any atom is 0.275 e. The van der Waals surface area contributed by atoms with Crippen LogP contribution in [0.15, 0.2) is 55.1 Å². The molecule has 0 aliphatic rings. The van der Waals surface area contributed by atoms with Crippen molar-refractivity contribution in [1.29, 1.82) is 0 Å². The Labute approximate surface area is 128 Å². The van der Waals surface area contributed by atoms with Gasteiger partial charge in [-0.25, -0.2) is 4.98 Å². The number of aromatic nitrogens is 3. The summed E-state index contributed by atoms with van der Waals surface area (Å²) >= 11 is 0. The Hall–Kier alpha value is -2.95. The number of amides is 1. The highest BCUT2D eigenvalue weighted by Crippen LogP contribution is 2.13. The summed E-state index contributed by atoms with van der Waals surface area (Å²) in [7, 11) is 0. The summed E-state index contributed by atoms with van der Waals surface area (Å²) in [5.74, 6) is -0.248. The van der Waals surface area contributed by atoms with Crippen LogP contribution in [0.5, 0.6) is 0 Å². The average molecular weight is 292 g/mol. The van der Waals surface area contributed by atoms with Gasteiger partial charge in [-0.2, -0.15) is 0 Å². The van der Waals surface area contributed by atoms with Crippen molar-refractivity contribution < 1.29 is 4.79 Å². The molecule has 0 fully saturated rings. The van der Waals surface area contributed by atoms with Gasteiger partial charge in [-0.15, -0.1) is 0 Å². The number of benzene rings is 1. The van der Waals surface area contributed by atoms with E-state index in [1.54, 1.807) is 24.8 Å². The fourth-order valence-electron chi connectivity index (χ4n) is 2.10. The van der Waals surface area contributed by atoms with Gasteiger partial charge in [-0.1, -0.05) is 17.7 Å². The quantitative estimate of drug-likeness (QED) is 0.806. The summed E-state index contributed by atoms with van der Waals surface area (Å²) in [6, 6.07) is 11.6. The Morgan fingerprint density at radius 1 is 1.09 bits per heavy atom. The van der Waals surface area contributed by atoms with Crippen molar-refractivity contribution in [3.8, 4) is 5.69 Å². The summed E-state index contributed by atoms with van der Waals surface area (Å²) in [6.07, 6.45) is 5.04. The molecule has 0 bridgehead atoms. The molecule has 2 heterocycles. The molecule has 0 aliphatic heterocycles. The molecule has 0 radical (unpaired) electrons. The van der Waals surface area contributed by atoms with Gasteiger partial charge in [0.25, 0.3) is 5.91 Å². The van der Waals surface area contributed by atoms with E-state index in [4.69, 9.17) is 0 Å². The van der Waals surface area contributed by atoms with Gasteiger partial charge in [0.15, 0.2) is 0 Å². The maximum atomic E-state index is 12.3. The Balaban J connectivity index is 1.80. The molecule has 3 aromatic rings. The van der Waals surface area contributed by atoms with Crippen LogP contribution in [0.25, 0.3) is 5.69 Å². The molecule has 0 saturated carbocycles. The van der Waals surface area contributed by atoms with Crippen LogP contribution in [-0.4, -0.2) is 20.4 Å². The lowest BCUT2D eigenvalue weighted by molar-refractivity contribution is 0.102. The second-order valence-electron chi connectivity index (χ2n) is 5.09. The van der Waals surface area contributed by atoms with Gasteiger partial charge in [-0.3, -0.25) is 9.78 Å². The van der Waals surface area contributed by atoms with E-state index in [9.17, 15) is 4.79 Å². The Bertz CT molecular complexity index is 806. The third-order valence-electron chi connectivity index (χ3n) is 3.40. The van der Waals surface area contributed by atoms with E-state index in [0.717, 1.165) is 11.4 Å². The lowest BCUT2D eigenvalue weighted by Crippen LogP contribution is -2.13. The van der Waals surface area contributed by atoms with E-state index in [-0.39, 0.29) is 5.91 Å². The van der Waals surface area contributed by atoms with E-state index in [1.165, 1.54) is 5.56 Å². The first-order valence-electron chi connectivity index (χ1n) is 6.97. The molecule has 1 amide bonds. The second-order valence-corrected chi connectivity index (χ2v) is 5.09. The highest BCUT2D eigenvalue weighted by Gasteiger charge is 2.11. The Kier molecular flexibility index (Phi) is 3.70. The molecule has 110 valence electrons. The van der Waals surface area contributed by atoms with Crippen molar-refractivity contribution in [2.75, 3.05) is 5.32 Å². The first-order valence-corrected chi connectivity index (χ1v) is 6.97. The highest BCUT2D eigenvalue weighted by atomic mass is 16.1. The third-order valence-corrected chi connectivity index (χ3v) is 3.40. The van der Waals surface area contributed by atoms with Crippen LogP contribution in [0.4, 0.5) is 5.69 Å². The number of nitrogens with one attached hydrogen (secondary N) is 1. The normalized spacial score (nSPS) is 10.5. The molecule has 3 rings (SSSR count). The van der Waals surface area contributed by atoms with Crippen molar-refractivity contribution in [1.82, 2.24) is 14.5 Å². The van der Waals surface area contributed by atoms with E-state index < -0.39 is 0 Å². The number of anilines is 1. The molecular weight excluding hydrogens is 276 g/mol. The van der Waals surface area contributed by atoms with Crippen molar-refractivity contribution in [3.63, 3.8) is 0 Å². The van der Waals surface area contributed by atoms with Crippen molar-refractivity contribution >= 4 is 11.6 Å². The number of carbonyl (C=O) groups is 1. The predicted octanol–water partition coefficient (Wildman–Crippen LogP) is 3.14. The maximum absolute atomic E-state index is 12.3. The highest BCUT2D eigenvalue weighted by molar-refractivity contribution is 6.03. The Morgan fingerprint density at radius 3 is 2.59 bits per heavy atom. The predicted molar refractivity (Wildman–Crippen MR) is 85.2 cm³/mol. The number of hydrogen-bond donors (Lipinski definition) is 1. The average Bonchev–Trinajstić information content (AvgIpc) is 3.00. The molecule has 0 aliphatic carbocycles. The summed E-state index contributed by atoms with van der Waals surface area (Å²) < 4.78 is 1.82. The van der Waals surface area contributed by atoms with Gasteiger partial charge in [0.2, 0.25) is 0 Å². The van der Waals surface area contributed by atoms with Gasteiger partial charge in [-0.05, 0) is 38.1 Å². The largest absolute Gasteiger partial charge is 0.319 e.